The molecule has 0 saturated carbocycles. The van der Waals surface area contributed by atoms with Gasteiger partial charge in [0.05, 0.1) is 24.6 Å². The van der Waals surface area contributed by atoms with Gasteiger partial charge in [0.1, 0.15) is 0 Å². The summed E-state index contributed by atoms with van der Waals surface area (Å²) in [5.41, 5.74) is 0. The summed E-state index contributed by atoms with van der Waals surface area (Å²) in [5.74, 6) is -1.31. The van der Waals surface area contributed by atoms with Gasteiger partial charge in [-0.15, -0.1) is 0 Å². The topological polar surface area (TPSA) is 95.0 Å². The van der Waals surface area contributed by atoms with Gasteiger partial charge in [-0.1, -0.05) is 0 Å². The fraction of sp³-hybridized carbons (Fsp3) is 0.800. The van der Waals surface area contributed by atoms with Gasteiger partial charge < -0.3 is 10.0 Å². The first-order valence-electron chi connectivity index (χ1n) is 5.57. The number of hydrogen-bond donors (Lipinski definition) is 1. The average Bonchev–Trinajstić information content (AvgIpc) is 2.56. The minimum Gasteiger partial charge on any atom is -0.480 e. The number of aliphatic carboxylic acids is 1. The summed E-state index contributed by atoms with van der Waals surface area (Å²) in [6.45, 7) is -0.390. The second kappa shape index (κ2) is 5.66. The monoisotopic (exact) mass is 278 g/mol. The highest BCUT2D eigenvalue weighted by molar-refractivity contribution is 7.91. The highest BCUT2D eigenvalue weighted by Crippen LogP contribution is 2.17. The molecule has 0 aliphatic carbocycles. The van der Waals surface area contributed by atoms with Crippen LogP contribution in [0.5, 0.6) is 0 Å². The van der Waals surface area contributed by atoms with Gasteiger partial charge in [0.15, 0.2) is 9.84 Å². The molecule has 1 amide bonds. The highest BCUT2D eigenvalue weighted by Gasteiger charge is 2.34. The van der Waals surface area contributed by atoms with Crippen molar-refractivity contribution in [2.75, 3.05) is 38.7 Å². The number of nitrogens with zero attached hydrogens (tertiary/aromatic N) is 2. The molecule has 0 aromatic carbocycles. The Labute approximate surface area is 106 Å². The maximum Gasteiger partial charge on any atom is 0.317 e. The van der Waals surface area contributed by atoms with Crippen LogP contribution in [0, 0.1) is 0 Å². The number of likely N-dealkylation sites (N-methyl/N-ethyl adjacent to an activating group) is 1. The molecular formula is C10H18N2O5S. The predicted molar refractivity (Wildman–Crippen MR) is 65.0 cm³/mol. The minimum absolute atomic E-state index is 0.0595. The first kappa shape index (κ1) is 14.9. The van der Waals surface area contributed by atoms with Crippen LogP contribution in [0.3, 0.4) is 0 Å². The number of rotatable bonds is 5. The number of carboxylic acid groups (broad SMARTS) is 1. The van der Waals surface area contributed by atoms with Crippen molar-refractivity contribution in [3.05, 3.63) is 0 Å². The molecule has 1 aliphatic heterocycles. The van der Waals surface area contributed by atoms with E-state index in [9.17, 15) is 18.0 Å². The van der Waals surface area contributed by atoms with Crippen molar-refractivity contribution in [1.29, 1.82) is 0 Å². The summed E-state index contributed by atoms with van der Waals surface area (Å²) in [6, 6.07) is -0.380. The third-order valence-corrected chi connectivity index (χ3v) is 4.65. The van der Waals surface area contributed by atoms with E-state index in [-0.39, 0.29) is 36.5 Å². The summed E-state index contributed by atoms with van der Waals surface area (Å²) in [5, 5.41) is 8.81. The van der Waals surface area contributed by atoms with Crippen LogP contribution in [0.4, 0.5) is 0 Å². The van der Waals surface area contributed by atoms with Gasteiger partial charge in [-0.2, -0.15) is 0 Å². The fourth-order valence-electron chi connectivity index (χ4n) is 1.87. The molecule has 8 heteroatoms. The molecule has 18 heavy (non-hydrogen) atoms. The number of hydrogen-bond acceptors (Lipinski definition) is 5. The average molecular weight is 278 g/mol. The van der Waals surface area contributed by atoms with E-state index in [0.717, 1.165) is 0 Å². The third-order valence-electron chi connectivity index (χ3n) is 2.90. The van der Waals surface area contributed by atoms with Crippen molar-refractivity contribution in [1.82, 2.24) is 9.80 Å². The molecule has 104 valence electrons. The van der Waals surface area contributed by atoms with Gasteiger partial charge in [-0.05, 0) is 6.42 Å². The summed E-state index contributed by atoms with van der Waals surface area (Å²) in [7, 11) is 0.0603. The van der Waals surface area contributed by atoms with Crippen molar-refractivity contribution in [2.45, 2.75) is 12.5 Å². The fourth-order valence-corrected chi connectivity index (χ4v) is 3.63. The number of carbonyl (C=O) groups excluding carboxylic acids is 1. The molecule has 0 spiro atoms. The maximum absolute atomic E-state index is 11.6. The molecule has 1 fully saturated rings. The molecule has 1 atom stereocenters. The van der Waals surface area contributed by atoms with Gasteiger partial charge in [-0.25, -0.2) is 8.42 Å². The molecule has 7 nitrogen and oxygen atoms in total. The predicted octanol–water partition coefficient (Wildman–Crippen LogP) is -1.35. The zero-order valence-corrected chi connectivity index (χ0v) is 11.3. The van der Waals surface area contributed by atoms with Crippen LogP contribution in [-0.4, -0.2) is 79.9 Å². The first-order valence-corrected chi connectivity index (χ1v) is 7.40. The molecule has 1 rings (SSSR count). The summed E-state index contributed by atoms with van der Waals surface area (Å²) in [6.07, 6.45) is 0.385. The normalized spacial score (nSPS) is 22.1. The Balaban J connectivity index is 2.73. The van der Waals surface area contributed by atoms with E-state index in [2.05, 4.69) is 0 Å². The zero-order valence-electron chi connectivity index (χ0n) is 10.5. The number of amides is 1. The molecule has 1 unspecified atom stereocenters. The van der Waals surface area contributed by atoms with E-state index < -0.39 is 15.8 Å². The summed E-state index contributed by atoms with van der Waals surface area (Å²) < 4.78 is 22.8. The molecule has 1 heterocycles. The van der Waals surface area contributed by atoms with Crippen molar-refractivity contribution in [3.63, 3.8) is 0 Å². The van der Waals surface area contributed by atoms with Crippen molar-refractivity contribution in [3.8, 4) is 0 Å². The number of carbonyl (C=O) groups is 2. The molecular weight excluding hydrogens is 260 g/mol. The van der Waals surface area contributed by atoms with E-state index in [1.807, 2.05) is 0 Å². The van der Waals surface area contributed by atoms with Gasteiger partial charge in [-0.3, -0.25) is 14.5 Å². The van der Waals surface area contributed by atoms with E-state index in [1.165, 1.54) is 9.80 Å². The van der Waals surface area contributed by atoms with Crippen molar-refractivity contribution in [2.24, 2.45) is 0 Å². The van der Waals surface area contributed by atoms with E-state index in [0.29, 0.717) is 6.42 Å². The minimum atomic E-state index is -3.09. The van der Waals surface area contributed by atoms with Gasteiger partial charge in [0, 0.05) is 20.1 Å². The lowest BCUT2D eigenvalue weighted by molar-refractivity contribution is -0.140. The lowest BCUT2D eigenvalue weighted by Crippen LogP contribution is -2.45. The standard InChI is InChI=1S/C10H18N2O5S/c1-11(2)9(13)5-12(6-10(14)15)8-3-4-18(16,17)7-8/h8H,3-7H2,1-2H3,(H,14,15). The maximum atomic E-state index is 11.6. The third kappa shape index (κ3) is 4.26. The number of carboxylic acids is 1. The molecule has 0 bridgehead atoms. The number of sulfone groups is 1. The molecule has 1 saturated heterocycles. The molecule has 0 radical (unpaired) electrons. The Morgan fingerprint density at radius 2 is 1.89 bits per heavy atom. The largest absolute Gasteiger partial charge is 0.480 e. The Morgan fingerprint density at radius 3 is 2.28 bits per heavy atom. The second-order valence-electron chi connectivity index (χ2n) is 4.64. The lowest BCUT2D eigenvalue weighted by Gasteiger charge is -2.26. The van der Waals surface area contributed by atoms with E-state index in [4.69, 9.17) is 5.11 Å². The van der Waals surface area contributed by atoms with Crippen LogP contribution in [0.1, 0.15) is 6.42 Å². The Morgan fingerprint density at radius 1 is 1.28 bits per heavy atom. The van der Waals surface area contributed by atoms with Crippen LogP contribution < -0.4 is 0 Å². The Bertz CT molecular complexity index is 432. The Hall–Kier alpha value is -1.15. The smallest absolute Gasteiger partial charge is 0.317 e. The van der Waals surface area contributed by atoms with Crippen LogP contribution >= 0.6 is 0 Å². The molecule has 0 aromatic rings. The highest BCUT2D eigenvalue weighted by atomic mass is 32.2. The zero-order chi connectivity index (χ0) is 13.9. The van der Waals surface area contributed by atoms with Crippen molar-refractivity contribution < 1.29 is 23.1 Å². The van der Waals surface area contributed by atoms with Crippen LogP contribution in [0.2, 0.25) is 0 Å². The van der Waals surface area contributed by atoms with Crippen LogP contribution in [0.25, 0.3) is 0 Å². The molecule has 1 N–H and O–H groups in total. The van der Waals surface area contributed by atoms with Crippen LogP contribution in [0.15, 0.2) is 0 Å². The quantitative estimate of drug-likeness (QED) is 0.668. The van der Waals surface area contributed by atoms with Crippen LogP contribution in [-0.2, 0) is 19.4 Å². The molecule has 0 aromatic heterocycles. The van der Waals surface area contributed by atoms with Gasteiger partial charge in [0.25, 0.3) is 0 Å². The summed E-state index contributed by atoms with van der Waals surface area (Å²) in [4.78, 5) is 25.1. The summed E-state index contributed by atoms with van der Waals surface area (Å²) >= 11 is 0. The van der Waals surface area contributed by atoms with E-state index in [1.54, 1.807) is 14.1 Å². The first-order chi connectivity index (χ1) is 8.21. The van der Waals surface area contributed by atoms with E-state index >= 15 is 0 Å². The SMILES string of the molecule is CN(C)C(=O)CN(CC(=O)O)C1CCS(=O)(=O)C1. The van der Waals surface area contributed by atoms with Gasteiger partial charge in [0.2, 0.25) is 5.91 Å². The molecule has 1 aliphatic rings. The second-order valence-corrected chi connectivity index (χ2v) is 6.87. The lowest BCUT2D eigenvalue weighted by atomic mass is 10.2. The Kier molecular flexibility index (Phi) is 4.69. The van der Waals surface area contributed by atoms with Crippen molar-refractivity contribution >= 4 is 21.7 Å². The van der Waals surface area contributed by atoms with Gasteiger partial charge >= 0.3 is 5.97 Å².